The maximum absolute atomic E-state index is 12.1. The van der Waals surface area contributed by atoms with E-state index in [0.29, 0.717) is 11.3 Å². The Balaban J connectivity index is 2.17. The van der Waals surface area contributed by atoms with Crippen LogP contribution < -0.4 is 16.6 Å². The van der Waals surface area contributed by atoms with Crippen LogP contribution in [0.3, 0.4) is 0 Å². The summed E-state index contributed by atoms with van der Waals surface area (Å²) in [4.78, 5) is 31.0. The van der Waals surface area contributed by atoms with Crippen LogP contribution >= 0.6 is 0 Å². The third-order valence-electron chi connectivity index (χ3n) is 3.40. The van der Waals surface area contributed by atoms with Gasteiger partial charge in [0.2, 0.25) is 5.95 Å². The molecule has 3 rings (SSSR count). The predicted molar refractivity (Wildman–Crippen MR) is 81.0 cm³/mol. The lowest BCUT2D eigenvalue weighted by Gasteiger charge is -2.03. The van der Waals surface area contributed by atoms with Crippen molar-refractivity contribution >= 4 is 22.8 Å². The second-order valence-corrected chi connectivity index (χ2v) is 4.77. The van der Waals surface area contributed by atoms with Gasteiger partial charge in [-0.1, -0.05) is 12.1 Å². The van der Waals surface area contributed by atoms with Crippen molar-refractivity contribution in [1.82, 2.24) is 19.1 Å². The van der Waals surface area contributed by atoms with Gasteiger partial charge in [0.15, 0.2) is 11.2 Å². The quantitative estimate of drug-likeness (QED) is 0.719. The molecule has 2 aromatic heterocycles. The van der Waals surface area contributed by atoms with Crippen LogP contribution in [-0.4, -0.2) is 19.1 Å². The van der Waals surface area contributed by atoms with Gasteiger partial charge in [0.1, 0.15) is 6.07 Å². The van der Waals surface area contributed by atoms with Crippen LogP contribution in [-0.2, 0) is 14.1 Å². The van der Waals surface area contributed by atoms with Crippen LogP contribution in [0.15, 0.2) is 33.9 Å². The van der Waals surface area contributed by atoms with Gasteiger partial charge in [-0.25, -0.2) is 4.79 Å². The van der Waals surface area contributed by atoms with E-state index < -0.39 is 11.2 Å². The number of rotatable bonds is 2. The van der Waals surface area contributed by atoms with Gasteiger partial charge in [0.25, 0.3) is 5.56 Å². The number of hydrogen-bond donors (Lipinski definition) is 2. The van der Waals surface area contributed by atoms with Gasteiger partial charge in [-0.3, -0.25) is 13.9 Å². The number of H-pyrrole nitrogens is 1. The number of imidazole rings is 1. The van der Waals surface area contributed by atoms with Crippen molar-refractivity contribution in [3.05, 3.63) is 50.7 Å². The molecule has 2 N–H and O–H groups in total. The minimum atomic E-state index is -0.452. The molecule has 8 heteroatoms. The molecule has 8 nitrogen and oxygen atoms in total. The molecule has 3 aromatic rings. The molecule has 0 atom stereocenters. The zero-order valence-electron chi connectivity index (χ0n) is 11.9. The average Bonchev–Trinajstić information content (AvgIpc) is 2.95. The van der Waals surface area contributed by atoms with E-state index in [1.165, 1.54) is 18.7 Å². The number of hydrogen-bond acceptors (Lipinski definition) is 5. The molecule has 1 aromatic carbocycles. The third kappa shape index (κ3) is 1.96. The van der Waals surface area contributed by atoms with Crippen LogP contribution in [0, 0.1) is 11.3 Å². The zero-order valence-corrected chi connectivity index (χ0v) is 11.9. The van der Waals surface area contributed by atoms with Gasteiger partial charge >= 0.3 is 5.69 Å². The summed E-state index contributed by atoms with van der Waals surface area (Å²) < 4.78 is 2.29. The van der Waals surface area contributed by atoms with E-state index in [4.69, 9.17) is 5.26 Å². The number of aryl methyl sites for hydroxylation is 1. The summed E-state index contributed by atoms with van der Waals surface area (Å²) in [7, 11) is 2.95. The molecule has 22 heavy (non-hydrogen) atoms. The largest absolute Gasteiger partial charge is 0.332 e. The Bertz CT molecular complexity index is 1030. The Hall–Kier alpha value is -3.34. The lowest BCUT2D eigenvalue weighted by molar-refractivity contribution is 0.709. The van der Waals surface area contributed by atoms with Crippen LogP contribution in [0.5, 0.6) is 0 Å². The van der Waals surface area contributed by atoms with E-state index in [1.54, 1.807) is 24.3 Å². The van der Waals surface area contributed by atoms with Crippen molar-refractivity contribution in [1.29, 1.82) is 5.26 Å². The molecule has 0 bridgehead atoms. The number of benzene rings is 1. The highest BCUT2D eigenvalue weighted by Crippen LogP contribution is 2.19. The zero-order chi connectivity index (χ0) is 15.9. The summed E-state index contributed by atoms with van der Waals surface area (Å²) in [5, 5.41) is 12.0. The number of para-hydroxylation sites is 1. The second kappa shape index (κ2) is 4.89. The number of aromatic nitrogens is 4. The molecular weight excluding hydrogens is 284 g/mol. The smallest absolute Gasteiger partial charge is 0.325 e. The summed E-state index contributed by atoms with van der Waals surface area (Å²) in [5.41, 5.74) is 0.586. The lowest BCUT2D eigenvalue weighted by atomic mass is 10.2. The van der Waals surface area contributed by atoms with Crippen LogP contribution in [0.25, 0.3) is 11.2 Å². The monoisotopic (exact) mass is 296 g/mol. The predicted octanol–water partition coefficient (Wildman–Crippen LogP) is 0.576. The molecule has 2 heterocycles. The number of nitriles is 1. The van der Waals surface area contributed by atoms with Gasteiger partial charge in [-0.15, -0.1) is 0 Å². The normalized spacial score (nSPS) is 10.6. The number of fused-ring (bicyclic) bond motifs is 1. The van der Waals surface area contributed by atoms with Crippen molar-refractivity contribution in [2.75, 3.05) is 5.32 Å². The summed E-state index contributed by atoms with van der Waals surface area (Å²) in [6, 6.07) is 8.99. The molecule has 0 aliphatic rings. The topological polar surface area (TPSA) is 108 Å². The van der Waals surface area contributed by atoms with Gasteiger partial charge in [-0.2, -0.15) is 10.2 Å². The SMILES string of the molecule is Cn1c(=O)c2[nH]c(Nc3ccccc3C#N)nc2n(C)c1=O. The van der Waals surface area contributed by atoms with Gasteiger partial charge < -0.3 is 10.3 Å². The van der Waals surface area contributed by atoms with Crippen LogP contribution in [0.1, 0.15) is 5.56 Å². The van der Waals surface area contributed by atoms with Crippen LogP contribution in [0.2, 0.25) is 0 Å². The molecule has 0 unspecified atom stereocenters. The molecule has 0 radical (unpaired) electrons. The first-order valence-electron chi connectivity index (χ1n) is 6.45. The first-order chi connectivity index (χ1) is 10.5. The van der Waals surface area contributed by atoms with Crippen molar-refractivity contribution in [3.8, 4) is 6.07 Å². The van der Waals surface area contributed by atoms with Gasteiger partial charge in [-0.05, 0) is 12.1 Å². The van der Waals surface area contributed by atoms with Crippen molar-refractivity contribution in [2.24, 2.45) is 14.1 Å². The fourth-order valence-electron chi connectivity index (χ4n) is 2.20. The Labute approximate surface area is 124 Å². The van der Waals surface area contributed by atoms with Crippen molar-refractivity contribution in [2.45, 2.75) is 0 Å². The molecule has 0 saturated heterocycles. The van der Waals surface area contributed by atoms with E-state index in [1.807, 2.05) is 0 Å². The molecule has 0 aliphatic heterocycles. The van der Waals surface area contributed by atoms with Crippen LogP contribution in [0.4, 0.5) is 11.6 Å². The first kappa shape index (κ1) is 13.6. The Morgan fingerprint density at radius 3 is 2.68 bits per heavy atom. The molecule has 0 saturated carbocycles. The highest BCUT2D eigenvalue weighted by atomic mass is 16.2. The molecule has 0 aliphatic carbocycles. The fraction of sp³-hybridized carbons (Fsp3) is 0.143. The molecule has 110 valence electrons. The highest BCUT2D eigenvalue weighted by molar-refractivity contribution is 5.75. The summed E-state index contributed by atoms with van der Waals surface area (Å²) in [6.07, 6.45) is 0. The Kier molecular flexibility index (Phi) is 3.03. The van der Waals surface area contributed by atoms with E-state index in [2.05, 4.69) is 21.4 Å². The number of nitrogens with one attached hydrogen (secondary N) is 2. The minimum absolute atomic E-state index is 0.224. The maximum atomic E-state index is 12.1. The number of aromatic amines is 1. The standard InChI is InChI=1S/C14H12N6O2/c1-19-11-10(12(21)20(2)14(19)22)17-13(18-11)16-9-6-4-3-5-8(9)7-15/h3-6H,1-2H3,(H2,16,17,18). The summed E-state index contributed by atoms with van der Waals surface area (Å²) >= 11 is 0. The van der Waals surface area contributed by atoms with E-state index >= 15 is 0 Å². The average molecular weight is 296 g/mol. The first-order valence-corrected chi connectivity index (χ1v) is 6.45. The minimum Gasteiger partial charge on any atom is -0.325 e. The van der Waals surface area contributed by atoms with Crippen molar-refractivity contribution in [3.63, 3.8) is 0 Å². The molecule has 0 amide bonds. The highest BCUT2D eigenvalue weighted by Gasteiger charge is 2.14. The Morgan fingerprint density at radius 1 is 1.23 bits per heavy atom. The molecule has 0 spiro atoms. The van der Waals surface area contributed by atoms with Gasteiger partial charge in [0, 0.05) is 14.1 Å². The third-order valence-corrected chi connectivity index (χ3v) is 3.40. The van der Waals surface area contributed by atoms with E-state index in [9.17, 15) is 9.59 Å². The fourth-order valence-corrected chi connectivity index (χ4v) is 2.20. The second-order valence-electron chi connectivity index (χ2n) is 4.77. The van der Waals surface area contributed by atoms with E-state index in [0.717, 1.165) is 4.57 Å². The Morgan fingerprint density at radius 2 is 1.95 bits per heavy atom. The lowest BCUT2D eigenvalue weighted by Crippen LogP contribution is -2.36. The number of nitrogens with zero attached hydrogens (tertiary/aromatic N) is 4. The maximum Gasteiger partial charge on any atom is 0.332 e. The van der Waals surface area contributed by atoms with Gasteiger partial charge in [0.05, 0.1) is 11.3 Å². The summed E-state index contributed by atoms with van der Waals surface area (Å²) in [5.74, 6) is 0.288. The number of anilines is 2. The summed E-state index contributed by atoms with van der Waals surface area (Å²) in [6.45, 7) is 0. The molecular formula is C14H12N6O2. The van der Waals surface area contributed by atoms with Crippen molar-refractivity contribution < 1.29 is 0 Å². The van der Waals surface area contributed by atoms with E-state index in [-0.39, 0.29) is 17.1 Å². The molecule has 0 fully saturated rings.